The highest BCUT2D eigenvalue weighted by atomic mass is 16.5. The van der Waals surface area contributed by atoms with E-state index in [1.807, 2.05) is 6.92 Å². The van der Waals surface area contributed by atoms with Gasteiger partial charge in [0.2, 0.25) is 0 Å². The van der Waals surface area contributed by atoms with Crippen LogP contribution >= 0.6 is 0 Å². The lowest BCUT2D eigenvalue weighted by Gasteiger charge is -2.20. The van der Waals surface area contributed by atoms with Crippen LogP contribution in [0.2, 0.25) is 0 Å². The maximum Gasteiger partial charge on any atom is 0.0884 e. The molecule has 0 N–H and O–H groups in total. The van der Waals surface area contributed by atoms with E-state index in [2.05, 4.69) is 33.8 Å². The Bertz CT molecular complexity index is 196. The minimum atomic E-state index is 0.758. The molecule has 3 unspecified atom stereocenters. The lowest BCUT2D eigenvalue weighted by Crippen LogP contribution is -2.09. The first-order valence-corrected chi connectivity index (χ1v) is 6.71. The lowest BCUT2D eigenvalue weighted by molar-refractivity contribution is 0.285. The number of allylic oxidation sites excluding steroid dienone is 2. The molecule has 0 saturated carbocycles. The van der Waals surface area contributed by atoms with Crippen molar-refractivity contribution >= 4 is 0 Å². The molecule has 1 nitrogen and oxygen atoms in total. The van der Waals surface area contributed by atoms with Crippen LogP contribution in [0.25, 0.3) is 0 Å². The SMILES string of the molecule is CCC(C)CCC(C)C(C)C/C=C(\C)OC. The van der Waals surface area contributed by atoms with Gasteiger partial charge in [-0.05, 0) is 37.2 Å². The summed E-state index contributed by atoms with van der Waals surface area (Å²) < 4.78 is 5.16. The van der Waals surface area contributed by atoms with Gasteiger partial charge in [0.05, 0.1) is 12.9 Å². The minimum absolute atomic E-state index is 0.758. The minimum Gasteiger partial charge on any atom is -0.502 e. The molecule has 16 heavy (non-hydrogen) atoms. The molecule has 0 aliphatic rings. The highest BCUT2D eigenvalue weighted by molar-refractivity contribution is 4.89. The molecule has 0 amide bonds. The van der Waals surface area contributed by atoms with Crippen molar-refractivity contribution in [1.82, 2.24) is 0 Å². The van der Waals surface area contributed by atoms with Crippen LogP contribution in [-0.4, -0.2) is 7.11 Å². The Morgan fingerprint density at radius 1 is 1.12 bits per heavy atom. The van der Waals surface area contributed by atoms with E-state index >= 15 is 0 Å². The molecule has 0 saturated heterocycles. The Morgan fingerprint density at radius 3 is 2.25 bits per heavy atom. The summed E-state index contributed by atoms with van der Waals surface area (Å²) in [4.78, 5) is 0. The monoisotopic (exact) mass is 226 g/mol. The topological polar surface area (TPSA) is 9.23 Å². The third-order valence-corrected chi connectivity index (χ3v) is 3.88. The van der Waals surface area contributed by atoms with Crippen LogP contribution in [-0.2, 0) is 4.74 Å². The molecule has 3 atom stereocenters. The fourth-order valence-electron chi connectivity index (χ4n) is 1.70. The Labute approximate surface area is 102 Å². The van der Waals surface area contributed by atoms with E-state index in [0.29, 0.717) is 0 Å². The van der Waals surface area contributed by atoms with Crippen molar-refractivity contribution in [2.24, 2.45) is 17.8 Å². The zero-order valence-corrected chi connectivity index (χ0v) is 12.0. The molecule has 0 fully saturated rings. The summed E-state index contributed by atoms with van der Waals surface area (Å²) in [5, 5.41) is 0. The van der Waals surface area contributed by atoms with Crippen LogP contribution in [0.15, 0.2) is 11.8 Å². The smallest absolute Gasteiger partial charge is 0.0884 e. The molecule has 0 rings (SSSR count). The summed E-state index contributed by atoms with van der Waals surface area (Å²) in [6.07, 6.45) is 7.39. The maximum absolute atomic E-state index is 5.16. The molecule has 0 spiro atoms. The number of ether oxygens (including phenoxy) is 1. The van der Waals surface area contributed by atoms with E-state index in [-0.39, 0.29) is 0 Å². The second-order valence-electron chi connectivity index (χ2n) is 5.30. The van der Waals surface area contributed by atoms with Crippen molar-refractivity contribution in [1.29, 1.82) is 0 Å². The van der Waals surface area contributed by atoms with Gasteiger partial charge in [-0.3, -0.25) is 0 Å². The fourth-order valence-corrected chi connectivity index (χ4v) is 1.70. The van der Waals surface area contributed by atoms with Gasteiger partial charge in [-0.1, -0.05) is 47.0 Å². The molecule has 0 bridgehead atoms. The van der Waals surface area contributed by atoms with Crippen LogP contribution in [0.1, 0.15) is 60.3 Å². The summed E-state index contributed by atoms with van der Waals surface area (Å²) >= 11 is 0. The summed E-state index contributed by atoms with van der Waals surface area (Å²) in [6.45, 7) is 11.4. The van der Waals surface area contributed by atoms with E-state index in [9.17, 15) is 0 Å². The summed E-state index contributed by atoms with van der Waals surface area (Å²) in [6, 6.07) is 0. The molecule has 0 aliphatic heterocycles. The zero-order valence-electron chi connectivity index (χ0n) is 12.0. The van der Waals surface area contributed by atoms with Crippen molar-refractivity contribution in [3.05, 3.63) is 11.8 Å². The highest BCUT2D eigenvalue weighted by Crippen LogP contribution is 2.24. The molecule has 0 radical (unpaired) electrons. The molecule has 0 aromatic rings. The summed E-state index contributed by atoms with van der Waals surface area (Å²) in [5.74, 6) is 3.50. The normalized spacial score (nSPS) is 18.0. The molecule has 0 aromatic heterocycles. The third kappa shape index (κ3) is 6.92. The highest BCUT2D eigenvalue weighted by Gasteiger charge is 2.12. The van der Waals surface area contributed by atoms with Crippen LogP contribution in [0.4, 0.5) is 0 Å². The van der Waals surface area contributed by atoms with Gasteiger partial charge in [0, 0.05) is 0 Å². The van der Waals surface area contributed by atoms with Gasteiger partial charge in [-0.15, -0.1) is 0 Å². The van der Waals surface area contributed by atoms with Gasteiger partial charge in [-0.2, -0.15) is 0 Å². The molecule has 0 aliphatic carbocycles. The maximum atomic E-state index is 5.16. The first-order chi connectivity index (χ1) is 7.51. The number of hydrogen-bond donors (Lipinski definition) is 0. The quantitative estimate of drug-likeness (QED) is 0.528. The van der Waals surface area contributed by atoms with E-state index in [4.69, 9.17) is 4.74 Å². The summed E-state index contributed by atoms with van der Waals surface area (Å²) in [5.41, 5.74) is 0. The standard InChI is InChI=1S/C15H30O/c1-7-12(2)8-9-13(3)14(4)10-11-15(5)16-6/h11-14H,7-10H2,1-6H3/b15-11+. The number of rotatable bonds is 8. The molecule has 0 aromatic carbocycles. The molecule has 1 heteroatoms. The first kappa shape index (κ1) is 15.5. The largest absolute Gasteiger partial charge is 0.502 e. The predicted molar refractivity (Wildman–Crippen MR) is 72.4 cm³/mol. The Morgan fingerprint density at radius 2 is 1.75 bits per heavy atom. The third-order valence-electron chi connectivity index (χ3n) is 3.88. The average Bonchev–Trinajstić information content (AvgIpc) is 2.31. The summed E-state index contributed by atoms with van der Waals surface area (Å²) in [7, 11) is 1.74. The zero-order chi connectivity index (χ0) is 12.6. The second-order valence-corrected chi connectivity index (χ2v) is 5.30. The average molecular weight is 226 g/mol. The Balaban J connectivity index is 3.85. The van der Waals surface area contributed by atoms with Crippen LogP contribution in [0.3, 0.4) is 0 Å². The van der Waals surface area contributed by atoms with Gasteiger partial charge >= 0.3 is 0 Å². The first-order valence-electron chi connectivity index (χ1n) is 6.71. The van der Waals surface area contributed by atoms with E-state index in [1.165, 1.54) is 19.3 Å². The van der Waals surface area contributed by atoms with Crippen LogP contribution in [0.5, 0.6) is 0 Å². The predicted octanol–water partition coefficient (Wildman–Crippen LogP) is 5.03. The van der Waals surface area contributed by atoms with E-state index < -0.39 is 0 Å². The molecule has 96 valence electrons. The molecular formula is C15H30O. The number of hydrogen-bond acceptors (Lipinski definition) is 1. The number of methoxy groups -OCH3 is 1. The van der Waals surface area contributed by atoms with Gasteiger partial charge in [0.15, 0.2) is 0 Å². The van der Waals surface area contributed by atoms with E-state index in [0.717, 1.165) is 29.9 Å². The lowest BCUT2D eigenvalue weighted by atomic mass is 9.86. The Kier molecular flexibility index (Phi) is 8.42. The van der Waals surface area contributed by atoms with Crippen LogP contribution in [0, 0.1) is 17.8 Å². The van der Waals surface area contributed by atoms with Crippen molar-refractivity contribution in [2.75, 3.05) is 7.11 Å². The van der Waals surface area contributed by atoms with Crippen molar-refractivity contribution in [3.8, 4) is 0 Å². The second kappa shape index (κ2) is 8.66. The molecule has 0 heterocycles. The van der Waals surface area contributed by atoms with Gasteiger partial charge in [-0.25, -0.2) is 0 Å². The van der Waals surface area contributed by atoms with Crippen molar-refractivity contribution < 1.29 is 4.74 Å². The fraction of sp³-hybridized carbons (Fsp3) is 0.867. The van der Waals surface area contributed by atoms with Gasteiger partial charge in [0.25, 0.3) is 0 Å². The van der Waals surface area contributed by atoms with Gasteiger partial charge in [0.1, 0.15) is 0 Å². The van der Waals surface area contributed by atoms with Crippen molar-refractivity contribution in [2.45, 2.75) is 60.3 Å². The van der Waals surface area contributed by atoms with E-state index in [1.54, 1.807) is 7.11 Å². The van der Waals surface area contributed by atoms with Crippen molar-refractivity contribution in [3.63, 3.8) is 0 Å². The molecular weight excluding hydrogens is 196 g/mol. The van der Waals surface area contributed by atoms with Gasteiger partial charge < -0.3 is 4.74 Å². The Hall–Kier alpha value is -0.460. The van der Waals surface area contributed by atoms with Crippen LogP contribution < -0.4 is 0 Å².